The molecule has 0 atom stereocenters. The lowest BCUT2D eigenvalue weighted by Crippen LogP contribution is -2.20. The number of carbonyl (C=O) groups excluding carboxylic acids is 2. The summed E-state index contributed by atoms with van der Waals surface area (Å²) in [4.78, 5) is 22.6. The van der Waals surface area contributed by atoms with E-state index < -0.39 is 5.91 Å². The SMILES string of the molecule is Cc1ccc(C(=O)N/N=C/c2ccc(OCC(N)=O)c(Br)c2)cc1. The number of hydrogen-bond acceptors (Lipinski definition) is 4. The van der Waals surface area contributed by atoms with E-state index in [4.69, 9.17) is 10.5 Å². The number of benzene rings is 2. The average Bonchev–Trinajstić information content (AvgIpc) is 2.54. The molecule has 0 aromatic heterocycles. The fraction of sp³-hybridized carbons (Fsp3) is 0.118. The van der Waals surface area contributed by atoms with Crippen molar-refractivity contribution in [2.75, 3.05) is 6.61 Å². The van der Waals surface area contributed by atoms with Gasteiger partial charge in [-0.05, 0) is 58.7 Å². The van der Waals surface area contributed by atoms with Gasteiger partial charge in [0.15, 0.2) is 6.61 Å². The van der Waals surface area contributed by atoms with Crippen molar-refractivity contribution in [1.29, 1.82) is 0 Å². The Bertz CT molecular complexity index is 773. The van der Waals surface area contributed by atoms with Crippen molar-refractivity contribution in [2.45, 2.75) is 6.92 Å². The molecule has 0 spiro atoms. The summed E-state index contributed by atoms with van der Waals surface area (Å²) in [6.07, 6.45) is 1.51. The Morgan fingerprint density at radius 2 is 1.96 bits per heavy atom. The van der Waals surface area contributed by atoms with Crippen LogP contribution in [0.25, 0.3) is 0 Å². The molecule has 124 valence electrons. The van der Waals surface area contributed by atoms with Crippen molar-refractivity contribution >= 4 is 34.0 Å². The molecular weight excluding hydrogens is 374 g/mol. The summed E-state index contributed by atoms with van der Waals surface area (Å²) in [5, 5.41) is 3.93. The molecule has 0 unspecified atom stereocenters. The molecule has 0 bridgehead atoms. The molecule has 0 aliphatic rings. The van der Waals surface area contributed by atoms with Crippen molar-refractivity contribution in [2.24, 2.45) is 10.8 Å². The predicted molar refractivity (Wildman–Crippen MR) is 95.1 cm³/mol. The van der Waals surface area contributed by atoms with Gasteiger partial charge >= 0.3 is 0 Å². The molecule has 2 rings (SSSR count). The number of nitrogens with one attached hydrogen (secondary N) is 1. The van der Waals surface area contributed by atoms with E-state index in [1.54, 1.807) is 30.3 Å². The van der Waals surface area contributed by atoms with E-state index in [1.165, 1.54) is 6.21 Å². The zero-order valence-electron chi connectivity index (χ0n) is 13.0. The van der Waals surface area contributed by atoms with Crippen molar-refractivity contribution in [3.05, 3.63) is 63.6 Å². The van der Waals surface area contributed by atoms with E-state index >= 15 is 0 Å². The monoisotopic (exact) mass is 389 g/mol. The van der Waals surface area contributed by atoms with Crippen LogP contribution in [0.4, 0.5) is 0 Å². The molecule has 0 aliphatic heterocycles. The standard InChI is InChI=1S/C17H16BrN3O3/c1-11-2-5-13(6-3-11)17(23)21-20-9-12-4-7-15(14(18)8-12)24-10-16(19)22/h2-9H,10H2,1H3,(H2,19,22)(H,21,23)/b20-9+. The number of nitrogens with zero attached hydrogens (tertiary/aromatic N) is 1. The molecule has 2 aromatic carbocycles. The molecule has 0 aliphatic carbocycles. The molecule has 3 N–H and O–H groups in total. The summed E-state index contributed by atoms with van der Waals surface area (Å²) in [5.74, 6) is -0.340. The maximum Gasteiger partial charge on any atom is 0.271 e. The van der Waals surface area contributed by atoms with Gasteiger partial charge in [-0.25, -0.2) is 5.43 Å². The second-order valence-corrected chi connectivity index (χ2v) is 5.86. The zero-order chi connectivity index (χ0) is 17.5. The molecule has 24 heavy (non-hydrogen) atoms. The number of primary amides is 1. The minimum Gasteiger partial charge on any atom is -0.483 e. The van der Waals surface area contributed by atoms with Gasteiger partial charge in [-0.1, -0.05) is 17.7 Å². The van der Waals surface area contributed by atoms with Crippen LogP contribution >= 0.6 is 15.9 Å². The normalized spacial score (nSPS) is 10.6. The highest BCUT2D eigenvalue weighted by Gasteiger charge is 2.05. The van der Waals surface area contributed by atoms with Crippen LogP contribution in [0.5, 0.6) is 5.75 Å². The number of hydrazone groups is 1. The third-order valence-corrected chi connectivity index (χ3v) is 3.64. The van der Waals surface area contributed by atoms with Crippen LogP contribution in [0.2, 0.25) is 0 Å². The lowest BCUT2D eigenvalue weighted by molar-refractivity contribution is -0.119. The summed E-state index contributed by atoms with van der Waals surface area (Å²) < 4.78 is 5.88. The number of hydrogen-bond donors (Lipinski definition) is 2. The summed E-state index contributed by atoms with van der Waals surface area (Å²) in [6.45, 7) is 1.76. The summed E-state index contributed by atoms with van der Waals surface area (Å²) >= 11 is 3.34. The number of rotatable bonds is 6. The van der Waals surface area contributed by atoms with Crippen molar-refractivity contribution in [1.82, 2.24) is 5.43 Å². The topological polar surface area (TPSA) is 93.8 Å². The Labute approximate surface area is 147 Å². The Balaban J connectivity index is 1.96. The second-order valence-electron chi connectivity index (χ2n) is 5.01. The molecule has 0 saturated carbocycles. The number of halogens is 1. The van der Waals surface area contributed by atoms with E-state index in [0.29, 0.717) is 15.8 Å². The minimum absolute atomic E-state index is 0.196. The van der Waals surface area contributed by atoms with Gasteiger partial charge < -0.3 is 10.5 Å². The first kappa shape index (κ1) is 17.7. The maximum absolute atomic E-state index is 11.9. The van der Waals surface area contributed by atoms with Crippen LogP contribution in [0.1, 0.15) is 21.5 Å². The Hall–Kier alpha value is -2.67. The first-order valence-electron chi connectivity index (χ1n) is 7.06. The van der Waals surface area contributed by atoms with Crippen LogP contribution in [-0.4, -0.2) is 24.6 Å². The van der Waals surface area contributed by atoms with Gasteiger partial charge in [0, 0.05) is 5.56 Å². The maximum atomic E-state index is 11.9. The van der Waals surface area contributed by atoms with Crippen LogP contribution in [-0.2, 0) is 4.79 Å². The first-order valence-corrected chi connectivity index (χ1v) is 7.86. The van der Waals surface area contributed by atoms with Crippen molar-refractivity contribution in [3.8, 4) is 5.75 Å². The van der Waals surface area contributed by atoms with Gasteiger partial charge in [0.2, 0.25) is 0 Å². The summed E-state index contributed by atoms with van der Waals surface area (Å²) in [6, 6.07) is 12.4. The summed E-state index contributed by atoms with van der Waals surface area (Å²) in [7, 11) is 0. The Kier molecular flexibility index (Phi) is 6.08. The minimum atomic E-state index is -0.550. The lowest BCUT2D eigenvalue weighted by atomic mass is 10.1. The fourth-order valence-corrected chi connectivity index (χ4v) is 2.31. The number of carbonyl (C=O) groups is 2. The highest BCUT2D eigenvalue weighted by atomic mass is 79.9. The Morgan fingerprint density at radius 3 is 2.58 bits per heavy atom. The van der Waals surface area contributed by atoms with E-state index in [9.17, 15) is 9.59 Å². The molecule has 0 radical (unpaired) electrons. The average molecular weight is 390 g/mol. The molecule has 0 heterocycles. The van der Waals surface area contributed by atoms with Crippen molar-refractivity contribution in [3.63, 3.8) is 0 Å². The number of aryl methyl sites for hydroxylation is 1. The Morgan fingerprint density at radius 1 is 1.25 bits per heavy atom. The summed E-state index contributed by atoms with van der Waals surface area (Å²) in [5.41, 5.74) is 9.86. The molecule has 0 saturated heterocycles. The van der Waals surface area contributed by atoms with Crippen LogP contribution in [0, 0.1) is 6.92 Å². The fourth-order valence-electron chi connectivity index (χ4n) is 1.80. The highest BCUT2D eigenvalue weighted by Crippen LogP contribution is 2.25. The van der Waals surface area contributed by atoms with Gasteiger partial charge in [0.05, 0.1) is 10.7 Å². The van der Waals surface area contributed by atoms with E-state index in [-0.39, 0.29) is 12.5 Å². The molecule has 6 nitrogen and oxygen atoms in total. The molecule has 2 aromatic rings. The molecule has 0 fully saturated rings. The van der Waals surface area contributed by atoms with E-state index in [0.717, 1.165) is 11.1 Å². The van der Waals surface area contributed by atoms with Gasteiger partial charge in [-0.3, -0.25) is 9.59 Å². The van der Waals surface area contributed by atoms with Gasteiger partial charge in [-0.15, -0.1) is 0 Å². The number of amides is 2. The molecule has 7 heteroatoms. The smallest absolute Gasteiger partial charge is 0.271 e. The van der Waals surface area contributed by atoms with E-state index in [2.05, 4.69) is 26.5 Å². The second kappa shape index (κ2) is 8.26. The van der Waals surface area contributed by atoms with Gasteiger partial charge in [0.1, 0.15) is 5.75 Å². The van der Waals surface area contributed by atoms with Gasteiger partial charge in [0.25, 0.3) is 11.8 Å². The zero-order valence-corrected chi connectivity index (χ0v) is 14.5. The highest BCUT2D eigenvalue weighted by molar-refractivity contribution is 9.10. The van der Waals surface area contributed by atoms with Crippen LogP contribution in [0.3, 0.4) is 0 Å². The quantitative estimate of drug-likeness (QED) is 0.586. The van der Waals surface area contributed by atoms with Crippen molar-refractivity contribution < 1.29 is 14.3 Å². The molecule has 2 amide bonds. The largest absolute Gasteiger partial charge is 0.483 e. The third-order valence-electron chi connectivity index (χ3n) is 3.02. The van der Waals surface area contributed by atoms with Crippen LogP contribution in [0.15, 0.2) is 52.0 Å². The lowest BCUT2D eigenvalue weighted by Gasteiger charge is -2.06. The first-order chi connectivity index (χ1) is 11.5. The number of ether oxygens (including phenoxy) is 1. The predicted octanol–water partition coefficient (Wildman–Crippen LogP) is 2.39. The number of nitrogens with two attached hydrogens (primary N) is 1. The molecular formula is C17H16BrN3O3. The van der Waals surface area contributed by atoms with Crippen LogP contribution < -0.4 is 15.9 Å². The third kappa shape index (κ3) is 5.20. The van der Waals surface area contributed by atoms with Gasteiger partial charge in [-0.2, -0.15) is 5.10 Å². The van der Waals surface area contributed by atoms with E-state index in [1.807, 2.05) is 19.1 Å².